The van der Waals surface area contributed by atoms with Crippen LogP contribution in [0.3, 0.4) is 0 Å². The average Bonchev–Trinajstić information content (AvgIpc) is 2.93. The van der Waals surface area contributed by atoms with E-state index in [9.17, 15) is 0 Å². The Bertz CT molecular complexity index is 343. The van der Waals surface area contributed by atoms with Crippen molar-refractivity contribution in [2.75, 3.05) is 13.2 Å². The van der Waals surface area contributed by atoms with Crippen molar-refractivity contribution < 1.29 is 4.74 Å². The van der Waals surface area contributed by atoms with Crippen LogP contribution in [-0.4, -0.2) is 13.2 Å². The van der Waals surface area contributed by atoms with E-state index >= 15 is 0 Å². The molecule has 0 rings (SSSR count). The molecule has 38 heavy (non-hydrogen) atoms. The van der Waals surface area contributed by atoms with Gasteiger partial charge in [-0.2, -0.15) is 0 Å². The average molecular weight is 537 g/mol. The lowest BCUT2D eigenvalue weighted by atomic mass is 10.0. The van der Waals surface area contributed by atoms with Crippen molar-refractivity contribution in [2.45, 2.75) is 226 Å². The second kappa shape index (κ2) is 37.0. The van der Waals surface area contributed by atoms with Crippen molar-refractivity contribution in [2.24, 2.45) is 0 Å². The summed E-state index contributed by atoms with van der Waals surface area (Å²) >= 11 is 0. The first-order chi connectivity index (χ1) is 18.9. The van der Waals surface area contributed by atoms with Gasteiger partial charge in [0.2, 0.25) is 0 Å². The van der Waals surface area contributed by atoms with Crippen LogP contribution in [0.4, 0.5) is 0 Å². The largest absolute Gasteiger partial charge is 0.381 e. The van der Waals surface area contributed by atoms with Crippen LogP contribution in [0.2, 0.25) is 0 Å². The summed E-state index contributed by atoms with van der Waals surface area (Å²) in [7, 11) is 0. The number of hydrogen-bond acceptors (Lipinski definition) is 1. The van der Waals surface area contributed by atoms with Crippen LogP contribution in [0.1, 0.15) is 226 Å². The lowest BCUT2D eigenvalue weighted by Crippen LogP contribution is -1.95. The molecule has 0 radical (unpaired) electrons. The maximum atomic E-state index is 5.55. The molecule has 0 atom stereocenters. The Kier molecular flexibility index (Phi) is 36.9. The highest BCUT2D eigenvalue weighted by Crippen LogP contribution is 2.16. The van der Waals surface area contributed by atoms with E-state index in [0.717, 1.165) is 19.6 Å². The summed E-state index contributed by atoms with van der Waals surface area (Å²) in [5.74, 6) is 0. The molecule has 0 aromatic carbocycles. The van der Waals surface area contributed by atoms with Gasteiger partial charge in [-0.05, 0) is 12.8 Å². The summed E-state index contributed by atoms with van der Waals surface area (Å²) < 4.78 is 5.55. The van der Waals surface area contributed by atoms with Gasteiger partial charge in [0, 0.05) is 13.2 Å². The predicted octanol–water partition coefficient (Wildman–Crippen LogP) is 13.9. The van der Waals surface area contributed by atoms with Crippen LogP contribution < -0.4 is 0 Å². The molecule has 0 aliphatic carbocycles. The third-order valence-corrected chi connectivity index (χ3v) is 8.49. The van der Waals surface area contributed by atoms with Gasteiger partial charge in [0.25, 0.3) is 0 Å². The summed E-state index contributed by atoms with van der Waals surface area (Å²) in [5, 5.41) is 0. The SMILES string of the molecule is CCCCCCCCCCCCCCCCCCCCCCCCCCCCCCCCCCOCCC. The normalized spacial score (nSPS) is 11.5. The predicted molar refractivity (Wildman–Crippen MR) is 175 cm³/mol. The zero-order valence-electron chi connectivity index (χ0n) is 27.2. The molecular formula is C37H76O. The zero-order valence-corrected chi connectivity index (χ0v) is 27.2. The molecule has 230 valence electrons. The van der Waals surface area contributed by atoms with Gasteiger partial charge in [-0.1, -0.05) is 213 Å². The van der Waals surface area contributed by atoms with Crippen LogP contribution in [0.25, 0.3) is 0 Å². The van der Waals surface area contributed by atoms with Gasteiger partial charge < -0.3 is 4.74 Å². The number of ether oxygens (including phenoxy) is 1. The van der Waals surface area contributed by atoms with Crippen molar-refractivity contribution in [3.05, 3.63) is 0 Å². The van der Waals surface area contributed by atoms with E-state index < -0.39 is 0 Å². The zero-order chi connectivity index (χ0) is 27.5. The van der Waals surface area contributed by atoms with E-state index in [1.165, 1.54) is 205 Å². The van der Waals surface area contributed by atoms with E-state index in [1.54, 1.807) is 0 Å². The molecule has 1 nitrogen and oxygen atoms in total. The fourth-order valence-electron chi connectivity index (χ4n) is 5.83. The molecule has 0 bridgehead atoms. The van der Waals surface area contributed by atoms with Crippen LogP contribution in [-0.2, 0) is 4.74 Å². The van der Waals surface area contributed by atoms with Crippen molar-refractivity contribution in [3.63, 3.8) is 0 Å². The second-order valence-corrected chi connectivity index (χ2v) is 12.6. The minimum absolute atomic E-state index is 0.944. The number of hydrogen-bond donors (Lipinski definition) is 0. The third-order valence-electron chi connectivity index (χ3n) is 8.49. The van der Waals surface area contributed by atoms with E-state index in [1.807, 2.05) is 0 Å². The highest BCUT2D eigenvalue weighted by Gasteiger charge is 1.97. The van der Waals surface area contributed by atoms with Gasteiger partial charge in [0.15, 0.2) is 0 Å². The molecule has 0 N–H and O–H groups in total. The smallest absolute Gasteiger partial charge is 0.0466 e. The van der Waals surface area contributed by atoms with Gasteiger partial charge in [-0.3, -0.25) is 0 Å². The summed E-state index contributed by atoms with van der Waals surface area (Å²) in [5.41, 5.74) is 0. The van der Waals surface area contributed by atoms with Crippen LogP contribution in [0, 0.1) is 0 Å². The molecule has 0 aromatic heterocycles. The molecule has 0 heterocycles. The molecular weight excluding hydrogens is 460 g/mol. The van der Waals surface area contributed by atoms with Crippen LogP contribution in [0.15, 0.2) is 0 Å². The van der Waals surface area contributed by atoms with E-state index in [2.05, 4.69) is 13.8 Å². The minimum atomic E-state index is 0.944. The molecule has 0 amide bonds. The highest BCUT2D eigenvalue weighted by atomic mass is 16.5. The first-order valence-corrected chi connectivity index (χ1v) is 18.5. The third kappa shape index (κ3) is 36.0. The van der Waals surface area contributed by atoms with Gasteiger partial charge in [0.05, 0.1) is 0 Å². The minimum Gasteiger partial charge on any atom is -0.381 e. The van der Waals surface area contributed by atoms with Crippen LogP contribution >= 0.6 is 0 Å². The Hall–Kier alpha value is -0.0400. The van der Waals surface area contributed by atoms with Gasteiger partial charge in [0.1, 0.15) is 0 Å². The molecule has 0 aromatic rings. The maximum Gasteiger partial charge on any atom is 0.0466 e. The number of unbranched alkanes of at least 4 members (excludes halogenated alkanes) is 31. The van der Waals surface area contributed by atoms with Gasteiger partial charge in [-0.25, -0.2) is 0 Å². The summed E-state index contributed by atoms with van der Waals surface area (Å²) in [6, 6.07) is 0. The number of rotatable bonds is 35. The van der Waals surface area contributed by atoms with Gasteiger partial charge >= 0.3 is 0 Å². The molecule has 0 aliphatic rings. The lowest BCUT2D eigenvalue weighted by molar-refractivity contribution is 0.130. The highest BCUT2D eigenvalue weighted by molar-refractivity contribution is 4.52. The molecule has 0 saturated carbocycles. The maximum absolute atomic E-state index is 5.55. The van der Waals surface area contributed by atoms with Crippen molar-refractivity contribution >= 4 is 0 Å². The van der Waals surface area contributed by atoms with E-state index in [0.29, 0.717) is 0 Å². The Morgan fingerprint density at radius 3 is 0.632 bits per heavy atom. The Morgan fingerprint density at radius 2 is 0.421 bits per heavy atom. The van der Waals surface area contributed by atoms with Crippen molar-refractivity contribution in [1.29, 1.82) is 0 Å². The van der Waals surface area contributed by atoms with Crippen molar-refractivity contribution in [1.82, 2.24) is 0 Å². The summed E-state index contributed by atoms with van der Waals surface area (Å²) in [4.78, 5) is 0. The molecule has 0 fully saturated rings. The topological polar surface area (TPSA) is 9.23 Å². The summed E-state index contributed by atoms with van der Waals surface area (Å²) in [6.45, 7) is 6.42. The Morgan fingerprint density at radius 1 is 0.211 bits per heavy atom. The Labute approximate surface area is 243 Å². The van der Waals surface area contributed by atoms with E-state index in [4.69, 9.17) is 4.74 Å². The van der Waals surface area contributed by atoms with Crippen LogP contribution in [0.5, 0.6) is 0 Å². The fourth-order valence-corrected chi connectivity index (χ4v) is 5.83. The summed E-state index contributed by atoms with van der Waals surface area (Å²) in [6.07, 6.45) is 48.0. The molecule has 0 aliphatic heterocycles. The first kappa shape index (κ1) is 38.0. The van der Waals surface area contributed by atoms with E-state index in [-0.39, 0.29) is 0 Å². The molecule has 0 spiro atoms. The van der Waals surface area contributed by atoms with Crippen molar-refractivity contribution in [3.8, 4) is 0 Å². The fraction of sp³-hybridized carbons (Fsp3) is 1.00. The molecule has 0 saturated heterocycles. The standard InChI is InChI=1S/C37H76O/c1-3-5-6-7-8-9-10-11-12-13-14-15-16-17-18-19-20-21-22-23-24-25-26-27-28-29-30-31-32-33-34-35-37-38-36-4-2/h3-37H2,1-2H3. The lowest BCUT2D eigenvalue weighted by Gasteiger charge is -2.05. The monoisotopic (exact) mass is 537 g/mol. The second-order valence-electron chi connectivity index (χ2n) is 12.6. The Balaban J connectivity index is 3.01. The van der Waals surface area contributed by atoms with Gasteiger partial charge in [-0.15, -0.1) is 0 Å². The molecule has 1 heteroatoms. The first-order valence-electron chi connectivity index (χ1n) is 18.5. The quantitative estimate of drug-likeness (QED) is 0.0732. The molecule has 0 unspecified atom stereocenters.